The van der Waals surface area contributed by atoms with Gasteiger partial charge in [-0.3, -0.25) is 0 Å². The van der Waals surface area contributed by atoms with Gasteiger partial charge in [-0.05, 0) is 17.7 Å². The second-order valence-corrected chi connectivity index (χ2v) is 5.61. The van der Waals surface area contributed by atoms with Gasteiger partial charge in [-0.15, -0.1) is 11.3 Å². The van der Waals surface area contributed by atoms with E-state index >= 15 is 0 Å². The molecule has 1 unspecified atom stereocenters. The number of thiazole rings is 1. The average Bonchev–Trinajstić information content (AvgIpc) is 3.05. The molecule has 1 aromatic heterocycles. The van der Waals surface area contributed by atoms with Crippen LogP contribution in [0.25, 0.3) is 0 Å². The van der Waals surface area contributed by atoms with E-state index in [0.29, 0.717) is 12.1 Å². The normalized spacial score (nSPS) is 12.7. The highest BCUT2D eigenvalue weighted by Gasteiger charge is 2.34. The fourth-order valence-electron chi connectivity index (χ4n) is 1.75. The highest BCUT2D eigenvalue weighted by molar-refractivity contribution is 7.09. The molecular weight excluding hydrogens is 350 g/mol. The Kier molecular flexibility index (Phi) is 5.35. The van der Waals surface area contributed by atoms with Gasteiger partial charge in [-0.2, -0.15) is 13.2 Å². The Morgan fingerprint density at radius 2 is 2.12 bits per heavy atom. The first-order valence-electron chi connectivity index (χ1n) is 6.49. The number of aromatic nitrogens is 1. The van der Waals surface area contributed by atoms with Gasteiger partial charge < -0.3 is 9.84 Å². The summed E-state index contributed by atoms with van der Waals surface area (Å²) < 4.78 is 55.8. The van der Waals surface area contributed by atoms with Gasteiger partial charge in [0.1, 0.15) is 23.5 Å². The van der Waals surface area contributed by atoms with Gasteiger partial charge in [0.2, 0.25) is 0 Å². The van der Waals surface area contributed by atoms with Crippen molar-refractivity contribution >= 4 is 17.3 Å². The lowest BCUT2D eigenvalue weighted by Crippen LogP contribution is -2.14. The Balaban J connectivity index is 2.03. The zero-order chi connectivity index (χ0) is 17.9. The fourth-order valence-corrected chi connectivity index (χ4v) is 2.41. The van der Waals surface area contributed by atoms with Gasteiger partial charge in [0.05, 0.1) is 11.1 Å². The molecule has 0 fully saturated rings. The number of esters is 1. The van der Waals surface area contributed by atoms with Crippen LogP contribution >= 0.6 is 11.3 Å². The summed E-state index contributed by atoms with van der Waals surface area (Å²) in [6, 6.07) is 2.27. The minimum Gasteiger partial charge on any atom is -0.457 e. The van der Waals surface area contributed by atoms with E-state index < -0.39 is 36.2 Å². The van der Waals surface area contributed by atoms with Crippen LogP contribution in [0.1, 0.15) is 22.2 Å². The van der Waals surface area contributed by atoms with E-state index in [2.05, 4.69) is 11.6 Å². The molecule has 0 bridgehead atoms. The van der Waals surface area contributed by atoms with Crippen LogP contribution in [0.4, 0.5) is 17.6 Å². The topological polar surface area (TPSA) is 59.4 Å². The Bertz CT molecular complexity index is 744. The molecule has 2 aromatic rings. The predicted molar refractivity (Wildman–Crippen MR) is 77.4 cm³/mol. The standard InChI is InChI=1S/C15H11F4NO3S/c1-8(12(21)13-20-4-5-24-13)14(22)23-7-9-2-3-11(16)10(6-9)15(17,18)19/h2-6,12,21H,1,7H2. The first-order chi connectivity index (χ1) is 11.2. The van der Waals surface area contributed by atoms with Crippen molar-refractivity contribution in [3.8, 4) is 0 Å². The third-order valence-electron chi connectivity index (χ3n) is 2.98. The summed E-state index contributed by atoms with van der Waals surface area (Å²) in [5.41, 5.74) is -1.80. The van der Waals surface area contributed by atoms with E-state index in [1.165, 1.54) is 6.20 Å². The maximum Gasteiger partial charge on any atom is 0.419 e. The number of alkyl halides is 3. The monoisotopic (exact) mass is 361 g/mol. The summed E-state index contributed by atoms with van der Waals surface area (Å²) in [7, 11) is 0. The number of halogens is 4. The molecule has 24 heavy (non-hydrogen) atoms. The van der Waals surface area contributed by atoms with E-state index in [1.807, 2.05) is 0 Å². The van der Waals surface area contributed by atoms with Crippen LogP contribution in [0.2, 0.25) is 0 Å². The lowest BCUT2D eigenvalue weighted by molar-refractivity contribution is -0.141. The first-order valence-corrected chi connectivity index (χ1v) is 7.37. The predicted octanol–water partition coefficient (Wildman–Crippen LogP) is 3.63. The molecule has 9 heteroatoms. The maximum atomic E-state index is 13.2. The van der Waals surface area contributed by atoms with Crippen molar-refractivity contribution in [2.45, 2.75) is 18.9 Å². The number of aliphatic hydroxyl groups is 1. The molecule has 128 valence electrons. The van der Waals surface area contributed by atoms with Gasteiger partial charge in [-0.1, -0.05) is 12.6 Å². The Morgan fingerprint density at radius 3 is 2.71 bits per heavy atom. The second-order valence-electron chi connectivity index (χ2n) is 4.69. The lowest BCUT2D eigenvalue weighted by atomic mass is 10.1. The number of nitrogens with zero attached hydrogens (tertiary/aromatic N) is 1. The second kappa shape index (κ2) is 7.10. The van der Waals surface area contributed by atoms with Crippen LogP contribution in [0, 0.1) is 5.82 Å². The zero-order valence-corrected chi connectivity index (χ0v) is 12.8. The molecular formula is C15H11F4NO3S. The van der Waals surface area contributed by atoms with E-state index in [9.17, 15) is 27.5 Å². The summed E-state index contributed by atoms with van der Waals surface area (Å²) in [6.07, 6.45) is -4.79. The van der Waals surface area contributed by atoms with Crippen molar-refractivity contribution in [2.24, 2.45) is 0 Å². The van der Waals surface area contributed by atoms with Crippen molar-refractivity contribution in [1.29, 1.82) is 0 Å². The molecule has 0 aliphatic heterocycles. The van der Waals surface area contributed by atoms with Crippen LogP contribution in [-0.2, 0) is 22.3 Å². The Hall–Kier alpha value is -2.26. The number of aliphatic hydroxyl groups excluding tert-OH is 1. The molecule has 0 spiro atoms. The van der Waals surface area contributed by atoms with Gasteiger partial charge in [0.15, 0.2) is 0 Å². The van der Waals surface area contributed by atoms with Crippen molar-refractivity contribution in [2.75, 3.05) is 0 Å². The minimum absolute atomic E-state index is 0.0476. The van der Waals surface area contributed by atoms with Crippen LogP contribution in [0.3, 0.4) is 0 Å². The van der Waals surface area contributed by atoms with Crippen LogP contribution < -0.4 is 0 Å². The molecule has 4 nitrogen and oxygen atoms in total. The number of hydrogen-bond donors (Lipinski definition) is 1. The van der Waals surface area contributed by atoms with Crippen molar-refractivity contribution in [1.82, 2.24) is 4.98 Å². The summed E-state index contributed by atoms with van der Waals surface area (Å²) in [5, 5.41) is 11.7. The average molecular weight is 361 g/mol. The molecule has 1 N–H and O–H groups in total. The van der Waals surface area contributed by atoms with Crippen LogP contribution in [0.5, 0.6) is 0 Å². The van der Waals surface area contributed by atoms with Gasteiger partial charge >= 0.3 is 12.1 Å². The number of carbonyl (C=O) groups is 1. The van der Waals surface area contributed by atoms with Crippen molar-refractivity contribution in [3.05, 3.63) is 63.9 Å². The summed E-state index contributed by atoms with van der Waals surface area (Å²) in [6.45, 7) is 2.87. The largest absolute Gasteiger partial charge is 0.457 e. The molecule has 0 saturated carbocycles. The highest BCUT2D eigenvalue weighted by atomic mass is 32.1. The first kappa shape index (κ1) is 18.1. The maximum absolute atomic E-state index is 13.2. The van der Waals surface area contributed by atoms with Crippen LogP contribution in [0.15, 0.2) is 41.9 Å². The van der Waals surface area contributed by atoms with Gasteiger partial charge in [0, 0.05) is 11.6 Å². The summed E-state index contributed by atoms with van der Waals surface area (Å²) in [5.74, 6) is -2.41. The Morgan fingerprint density at radius 1 is 1.42 bits per heavy atom. The number of hydrogen-bond acceptors (Lipinski definition) is 5. The lowest BCUT2D eigenvalue weighted by Gasteiger charge is -2.12. The molecule has 0 aliphatic carbocycles. The molecule has 1 atom stereocenters. The molecule has 0 aliphatic rings. The summed E-state index contributed by atoms with van der Waals surface area (Å²) in [4.78, 5) is 15.6. The molecule has 1 aromatic carbocycles. The fraction of sp³-hybridized carbons (Fsp3) is 0.200. The number of ether oxygens (including phenoxy) is 1. The Labute approximate surface area is 138 Å². The number of carbonyl (C=O) groups excluding carboxylic acids is 1. The van der Waals surface area contributed by atoms with E-state index in [-0.39, 0.29) is 16.1 Å². The molecule has 0 saturated heterocycles. The summed E-state index contributed by atoms with van der Waals surface area (Å²) >= 11 is 1.10. The van der Waals surface area contributed by atoms with Gasteiger partial charge in [-0.25, -0.2) is 14.2 Å². The third kappa shape index (κ3) is 4.18. The van der Waals surface area contributed by atoms with Crippen LogP contribution in [-0.4, -0.2) is 16.1 Å². The smallest absolute Gasteiger partial charge is 0.419 e. The van der Waals surface area contributed by atoms with Crippen molar-refractivity contribution < 1.29 is 32.2 Å². The molecule has 0 amide bonds. The zero-order valence-electron chi connectivity index (χ0n) is 12.0. The van der Waals surface area contributed by atoms with E-state index in [1.54, 1.807) is 5.38 Å². The SMILES string of the molecule is C=C(C(=O)OCc1ccc(F)c(C(F)(F)F)c1)C(O)c1nccs1. The number of rotatable bonds is 5. The third-order valence-corrected chi connectivity index (χ3v) is 3.81. The van der Waals surface area contributed by atoms with E-state index in [4.69, 9.17) is 4.74 Å². The minimum atomic E-state index is -4.85. The van der Waals surface area contributed by atoms with E-state index in [0.717, 1.165) is 17.4 Å². The number of benzene rings is 1. The molecule has 2 rings (SSSR count). The quantitative estimate of drug-likeness (QED) is 0.502. The van der Waals surface area contributed by atoms with Crippen molar-refractivity contribution in [3.63, 3.8) is 0 Å². The van der Waals surface area contributed by atoms with Gasteiger partial charge in [0.25, 0.3) is 0 Å². The highest BCUT2D eigenvalue weighted by Crippen LogP contribution is 2.32. The molecule has 1 heterocycles. The molecule has 0 radical (unpaired) electrons.